The number of hydrogen-bond acceptors (Lipinski definition) is 3. The lowest BCUT2D eigenvalue weighted by Crippen LogP contribution is -2.22. The number of alkyl halides is 3. The van der Waals surface area contributed by atoms with Gasteiger partial charge in [-0.1, -0.05) is 48.5 Å². The van der Waals surface area contributed by atoms with Crippen LogP contribution in [0.1, 0.15) is 27.6 Å². The predicted octanol–water partition coefficient (Wildman–Crippen LogP) is 6.03. The first-order valence-corrected chi connectivity index (χ1v) is 8.50. The van der Waals surface area contributed by atoms with E-state index in [0.717, 1.165) is 20.9 Å². The first-order valence-electron chi connectivity index (χ1n) is 7.69. The molecule has 132 valence electrons. The van der Waals surface area contributed by atoms with E-state index in [1.807, 2.05) is 24.3 Å². The molecule has 26 heavy (non-hydrogen) atoms. The van der Waals surface area contributed by atoms with E-state index >= 15 is 0 Å². The Hall–Kier alpha value is -2.73. The number of hydrogen-bond donors (Lipinski definition) is 0. The Bertz CT molecular complexity index is 952. The highest BCUT2D eigenvalue weighted by Crippen LogP contribution is 2.35. The molecule has 2 nitrogen and oxygen atoms in total. The lowest BCUT2D eigenvalue weighted by molar-refractivity contribution is -0.0885. The fraction of sp³-hybridized carbons (Fsp3) is 0.100. The second-order valence-electron chi connectivity index (χ2n) is 5.70. The minimum absolute atomic E-state index is 0.00286. The highest BCUT2D eigenvalue weighted by atomic mass is 32.1. The third kappa shape index (κ3) is 3.75. The van der Waals surface area contributed by atoms with Crippen LogP contribution in [0.5, 0.6) is 0 Å². The Kier molecular flexibility index (Phi) is 4.78. The van der Waals surface area contributed by atoms with E-state index in [-0.39, 0.29) is 11.3 Å². The highest BCUT2D eigenvalue weighted by molar-refractivity contribution is 7.18. The van der Waals surface area contributed by atoms with Crippen LogP contribution in [-0.2, 0) is 0 Å². The first-order chi connectivity index (χ1) is 12.3. The van der Waals surface area contributed by atoms with Crippen molar-refractivity contribution in [3.8, 4) is 20.9 Å². The van der Waals surface area contributed by atoms with Crippen LogP contribution in [0.4, 0.5) is 13.2 Å². The molecule has 1 aromatic heterocycles. The van der Waals surface area contributed by atoms with E-state index in [9.17, 15) is 22.8 Å². The summed E-state index contributed by atoms with van der Waals surface area (Å²) in [4.78, 5) is 24.4. The van der Waals surface area contributed by atoms with E-state index in [0.29, 0.717) is 5.56 Å². The quantitative estimate of drug-likeness (QED) is 0.523. The lowest BCUT2D eigenvalue weighted by Gasteiger charge is -2.05. The van der Waals surface area contributed by atoms with Gasteiger partial charge in [-0.25, -0.2) is 0 Å². The molecule has 0 aliphatic heterocycles. The topological polar surface area (TPSA) is 34.1 Å². The summed E-state index contributed by atoms with van der Waals surface area (Å²) in [7, 11) is 0. The van der Waals surface area contributed by atoms with Gasteiger partial charge in [0.2, 0.25) is 0 Å². The SMILES string of the molecule is CC(=O)c1ccc(-c2ccc(-c3ccc(C(=O)C(F)(F)F)cc3)s2)cc1. The molecule has 6 heteroatoms. The zero-order chi connectivity index (χ0) is 18.9. The molecule has 0 amide bonds. The van der Waals surface area contributed by atoms with Gasteiger partial charge >= 0.3 is 6.18 Å². The minimum atomic E-state index is -4.87. The fourth-order valence-corrected chi connectivity index (χ4v) is 3.48. The second kappa shape index (κ2) is 6.88. The molecule has 0 spiro atoms. The van der Waals surface area contributed by atoms with Gasteiger partial charge < -0.3 is 0 Å². The maximum Gasteiger partial charge on any atom is 0.454 e. The van der Waals surface area contributed by atoms with E-state index in [1.54, 1.807) is 12.1 Å². The third-order valence-corrected chi connectivity index (χ3v) is 5.05. The van der Waals surface area contributed by atoms with Gasteiger partial charge in [-0.3, -0.25) is 9.59 Å². The van der Waals surface area contributed by atoms with Crippen LogP contribution >= 0.6 is 11.3 Å². The van der Waals surface area contributed by atoms with Crippen molar-refractivity contribution in [3.05, 3.63) is 71.8 Å². The molecule has 0 aliphatic rings. The van der Waals surface area contributed by atoms with Gasteiger partial charge in [-0.15, -0.1) is 11.3 Å². The van der Waals surface area contributed by atoms with Gasteiger partial charge in [0.25, 0.3) is 5.78 Å². The van der Waals surface area contributed by atoms with Gasteiger partial charge in [-0.05, 0) is 30.2 Å². The molecule has 2 aromatic carbocycles. The molecule has 0 N–H and O–H groups in total. The molecule has 0 bridgehead atoms. The van der Waals surface area contributed by atoms with Crippen LogP contribution in [0, 0.1) is 0 Å². The third-order valence-electron chi connectivity index (χ3n) is 3.87. The molecular formula is C20H13F3O2S. The molecule has 0 fully saturated rings. The first kappa shape index (κ1) is 18.1. The van der Waals surface area contributed by atoms with Crippen LogP contribution in [-0.4, -0.2) is 17.7 Å². The van der Waals surface area contributed by atoms with Crippen molar-refractivity contribution in [2.24, 2.45) is 0 Å². The number of ketones is 2. The number of Topliss-reactive ketones (excluding diaryl/α,β-unsaturated/α-hetero) is 2. The Morgan fingerprint density at radius 3 is 1.54 bits per heavy atom. The van der Waals surface area contributed by atoms with Gasteiger partial charge in [0.15, 0.2) is 5.78 Å². The molecule has 1 heterocycles. The fourth-order valence-electron chi connectivity index (χ4n) is 2.47. The van der Waals surface area contributed by atoms with Crippen molar-refractivity contribution < 1.29 is 22.8 Å². The van der Waals surface area contributed by atoms with Crippen molar-refractivity contribution in [2.45, 2.75) is 13.1 Å². The standard InChI is InChI=1S/C20H13F3O2S/c1-12(24)13-2-4-14(5-3-13)17-10-11-18(26-17)15-6-8-16(9-7-15)19(25)20(21,22)23/h2-11H,1H3. The van der Waals surface area contributed by atoms with E-state index in [1.165, 1.54) is 42.5 Å². The number of benzene rings is 2. The van der Waals surface area contributed by atoms with Crippen molar-refractivity contribution in [1.29, 1.82) is 0 Å². The summed E-state index contributed by atoms with van der Waals surface area (Å²) >= 11 is 1.48. The summed E-state index contributed by atoms with van der Waals surface area (Å²) in [5.74, 6) is -1.85. The molecule has 0 unspecified atom stereocenters. The lowest BCUT2D eigenvalue weighted by atomic mass is 10.1. The highest BCUT2D eigenvalue weighted by Gasteiger charge is 2.39. The number of rotatable bonds is 4. The molecule has 0 atom stereocenters. The molecule has 0 saturated carbocycles. The zero-order valence-electron chi connectivity index (χ0n) is 13.6. The summed E-state index contributed by atoms with van der Waals surface area (Å²) in [6.45, 7) is 1.51. The zero-order valence-corrected chi connectivity index (χ0v) is 14.4. The Balaban J connectivity index is 1.83. The Morgan fingerprint density at radius 1 is 0.731 bits per heavy atom. The molecule has 0 radical (unpaired) electrons. The molecule has 3 aromatic rings. The van der Waals surface area contributed by atoms with Gasteiger partial charge in [0.05, 0.1) is 0 Å². The van der Waals surface area contributed by atoms with Crippen molar-refractivity contribution >= 4 is 22.9 Å². The largest absolute Gasteiger partial charge is 0.454 e. The average Bonchev–Trinajstić information content (AvgIpc) is 3.10. The van der Waals surface area contributed by atoms with Crippen molar-refractivity contribution in [1.82, 2.24) is 0 Å². The normalized spacial score (nSPS) is 11.4. The van der Waals surface area contributed by atoms with Crippen molar-refractivity contribution in [3.63, 3.8) is 0 Å². The maximum absolute atomic E-state index is 12.5. The summed E-state index contributed by atoms with van der Waals surface area (Å²) < 4.78 is 37.4. The molecule has 0 saturated heterocycles. The number of carbonyl (C=O) groups is 2. The number of halogens is 3. The average molecular weight is 374 g/mol. The monoisotopic (exact) mass is 374 g/mol. The summed E-state index contributed by atoms with van der Waals surface area (Å²) in [5.41, 5.74) is 1.95. The number of thiophene rings is 1. The van der Waals surface area contributed by atoms with Crippen LogP contribution in [0.25, 0.3) is 20.9 Å². The molecule has 0 aliphatic carbocycles. The van der Waals surface area contributed by atoms with Gasteiger partial charge in [-0.2, -0.15) is 13.2 Å². The summed E-state index contributed by atoms with van der Waals surface area (Å²) in [5, 5.41) is 0. The Morgan fingerprint density at radius 2 is 1.15 bits per heavy atom. The maximum atomic E-state index is 12.5. The van der Waals surface area contributed by atoms with Crippen LogP contribution < -0.4 is 0 Å². The van der Waals surface area contributed by atoms with Crippen LogP contribution in [0.3, 0.4) is 0 Å². The minimum Gasteiger partial charge on any atom is -0.295 e. The molecular weight excluding hydrogens is 361 g/mol. The summed E-state index contributed by atoms with van der Waals surface area (Å²) in [6, 6.07) is 16.4. The summed E-state index contributed by atoms with van der Waals surface area (Å²) in [6.07, 6.45) is -4.87. The predicted molar refractivity (Wildman–Crippen MR) is 95.6 cm³/mol. The van der Waals surface area contributed by atoms with Crippen molar-refractivity contribution in [2.75, 3.05) is 0 Å². The van der Waals surface area contributed by atoms with Gasteiger partial charge in [0.1, 0.15) is 0 Å². The number of carbonyl (C=O) groups excluding carboxylic acids is 2. The second-order valence-corrected chi connectivity index (χ2v) is 6.79. The van der Waals surface area contributed by atoms with Gasteiger partial charge in [0, 0.05) is 20.9 Å². The van der Waals surface area contributed by atoms with E-state index in [2.05, 4.69) is 0 Å². The van der Waals surface area contributed by atoms with E-state index in [4.69, 9.17) is 0 Å². The van der Waals surface area contributed by atoms with Crippen LogP contribution in [0.2, 0.25) is 0 Å². The molecule has 3 rings (SSSR count). The smallest absolute Gasteiger partial charge is 0.295 e. The van der Waals surface area contributed by atoms with E-state index < -0.39 is 12.0 Å². The Labute approximate surface area is 151 Å². The van der Waals surface area contributed by atoms with Crippen LogP contribution in [0.15, 0.2) is 60.7 Å².